The third kappa shape index (κ3) is 5.38. The summed E-state index contributed by atoms with van der Waals surface area (Å²) in [6.45, 7) is 0.324. The molecule has 0 radical (unpaired) electrons. The van der Waals surface area contributed by atoms with Crippen molar-refractivity contribution >= 4 is 11.8 Å². The average molecular weight is 381 g/mol. The molecule has 0 aliphatic carbocycles. The van der Waals surface area contributed by atoms with E-state index in [1.165, 1.54) is 12.1 Å². The molecule has 2 fully saturated rings. The van der Waals surface area contributed by atoms with Gasteiger partial charge >= 0.3 is 6.61 Å². The Morgan fingerprint density at radius 2 is 2.04 bits per heavy atom. The van der Waals surface area contributed by atoms with Gasteiger partial charge in [0, 0.05) is 38.6 Å². The van der Waals surface area contributed by atoms with Crippen molar-refractivity contribution in [2.24, 2.45) is 0 Å². The van der Waals surface area contributed by atoms with Crippen LogP contribution < -0.4 is 10.1 Å². The molecule has 2 aliphatic heterocycles. The van der Waals surface area contributed by atoms with Crippen LogP contribution in [0.2, 0.25) is 0 Å². The third-order valence-electron chi connectivity index (χ3n) is 5.09. The highest BCUT2D eigenvalue weighted by Gasteiger charge is 2.31. The summed E-state index contributed by atoms with van der Waals surface area (Å²) in [5.41, 5.74) is 0.899. The molecule has 1 atom stereocenters. The van der Waals surface area contributed by atoms with Crippen LogP contribution in [0, 0.1) is 0 Å². The van der Waals surface area contributed by atoms with Gasteiger partial charge in [-0.15, -0.1) is 0 Å². The topological polar surface area (TPSA) is 61.9 Å². The molecule has 1 aromatic rings. The first-order valence-electron chi connectivity index (χ1n) is 9.34. The lowest BCUT2D eigenvalue weighted by molar-refractivity contribution is -0.140. The van der Waals surface area contributed by atoms with Gasteiger partial charge in [-0.05, 0) is 37.0 Å². The first-order chi connectivity index (χ1) is 13.0. The smallest absolute Gasteiger partial charge is 0.387 e. The minimum Gasteiger partial charge on any atom is -0.435 e. The average Bonchev–Trinajstić information content (AvgIpc) is 2.67. The van der Waals surface area contributed by atoms with E-state index in [0.29, 0.717) is 32.5 Å². The van der Waals surface area contributed by atoms with Crippen LogP contribution in [0.5, 0.6) is 5.75 Å². The molecule has 0 bridgehead atoms. The van der Waals surface area contributed by atoms with Crippen molar-refractivity contribution in [2.45, 2.75) is 38.3 Å². The first-order valence-corrected chi connectivity index (χ1v) is 9.34. The Morgan fingerprint density at radius 3 is 2.74 bits per heavy atom. The number of piperidine rings is 1. The number of benzene rings is 1. The molecule has 3 rings (SSSR count). The second-order valence-electron chi connectivity index (χ2n) is 6.92. The van der Waals surface area contributed by atoms with Gasteiger partial charge in [-0.25, -0.2) is 0 Å². The summed E-state index contributed by atoms with van der Waals surface area (Å²) < 4.78 is 28.7. The number of nitrogens with zero attached hydrogens (tertiary/aromatic N) is 2. The van der Waals surface area contributed by atoms with Gasteiger partial charge in [-0.2, -0.15) is 8.78 Å². The number of nitrogens with one attached hydrogen (secondary N) is 1. The predicted octanol–water partition coefficient (Wildman–Crippen LogP) is 1.64. The summed E-state index contributed by atoms with van der Waals surface area (Å²) in [7, 11) is 0. The molecule has 27 heavy (non-hydrogen) atoms. The third-order valence-corrected chi connectivity index (χ3v) is 5.09. The second kappa shape index (κ2) is 9.12. The Bertz CT molecular complexity index is 654. The first kappa shape index (κ1) is 19.5. The standard InChI is InChI=1S/C19H25F2N3O3/c20-19(21)27-16-6-3-14(4-7-16)5-8-17(25)23-10-1-2-15(13-23)24-11-9-22-12-18(24)26/h3-4,6-7,15,19,22H,1-2,5,8-13H2. The predicted molar refractivity (Wildman–Crippen MR) is 95.6 cm³/mol. The zero-order valence-corrected chi connectivity index (χ0v) is 15.2. The number of likely N-dealkylation sites (tertiary alicyclic amines) is 1. The minimum atomic E-state index is -2.84. The number of hydrogen-bond acceptors (Lipinski definition) is 4. The van der Waals surface area contributed by atoms with Gasteiger partial charge in [0.2, 0.25) is 11.8 Å². The number of amides is 2. The number of halogens is 2. The Morgan fingerprint density at radius 1 is 1.26 bits per heavy atom. The zero-order valence-electron chi connectivity index (χ0n) is 15.2. The lowest BCUT2D eigenvalue weighted by Gasteiger charge is -2.41. The molecular weight excluding hydrogens is 356 g/mol. The lowest BCUT2D eigenvalue weighted by Crippen LogP contribution is -2.57. The summed E-state index contributed by atoms with van der Waals surface area (Å²) in [5, 5.41) is 3.07. The number of aryl methyl sites for hydroxylation is 1. The minimum absolute atomic E-state index is 0.0650. The molecule has 148 valence electrons. The van der Waals surface area contributed by atoms with Crippen molar-refractivity contribution in [3.8, 4) is 5.75 Å². The molecule has 2 aliphatic rings. The van der Waals surface area contributed by atoms with E-state index in [0.717, 1.165) is 31.5 Å². The van der Waals surface area contributed by atoms with Gasteiger partial charge in [0.1, 0.15) is 5.75 Å². The molecule has 2 amide bonds. The summed E-state index contributed by atoms with van der Waals surface area (Å²) >= 11 is 0. The number of hydrogen-bond donors (Lipinski definition) is 1. The summed E-state index contributed by atoms with van der Waals surface area (Å²) in [6.07, 6.45) is 2.73. The maximum Gasteiger partial charge on any atom is 0.387 e. The molecular formula is C19H25F2N3O3. The molecule has 0 aromatic heterocycles. The highest BCUT2D eigenvalue weighted by atomic mass is 19.3. The molecule has 1 N–H and O–H groups in total. The van der Waals surface area contributed by atoms with Crippen LogP contribution >= 0.6 is 0 Å². The van der Waals surface area contributed by atoms with E-state index in [1.807, 2.05) is 9.80 Å². The van der Waals surface area contributed by atoms with E-state index in [-0.39, 0.29) is 23.6 Å². The Balaban J connectivity index is 1.49. The van der Waals surface area contributed by atoms with Gasteiger partial charge in [0.05, 0.1) is 6.54 Å². The van der Waals surface area contributed by atoms with E-state index >= 15 is 0 Å². The molecule has 6 nitrogen and oxygen atoms in total. The van der Waals surface area contributed by atoms with E-state index in [1.54, 1.807) is 12.1 Å². The molecule has 0 saturated carbocycles. The van der Waals surface area contributed by atoms with Crippen LogP contribution in [0.1, 0.15) is 24.8 Å². The number of carbonyl (C=O) groups is 2. The number of piperazine rings is 1. The van der Waals surface area contributed by atoms with Crippen LogP contribution in [-0.2, 0) is 16.0 Å². The van der Waals surface area contributed by atoms with Crippen molar-refractivity contribution in [2.75, 3.05) is 32.7 Å². The SMILES string of the molecule is O=C(CCc1ccc(OC(F)F)cc1)N1CCCC(N2CCNCC2=O)C1. The lowest BCUT2D eigenvalue weighted by atomic mass is 10.0. The summed E-state index contributed by atoms with van der Waals surface area (Å²) in [6, 6.07) is 6.47. The van der Waals surface area contributed by atoms with Gasteiger partial charge in [-0.1, -0.05) is 12.1 Å². The van der Waals surface area contributed by atoms with Gasteiger partial charge in [0.25, 0.3) is 0 Å². The van der Waals surface area contributed by atoms with Crippen LogP contribution in [0.15, 0.2) is 24.3 Å². The van der Waals surface area contributed by atoms with E-state index in [2.05, 4.69) is 10.1 Å². The van der Waals surface area contributed by atoms with E-state index in [9.17, 15) is 18.4 Å². The van der Waals surface area contributed by atoms with Gasteiger partial charge in [-0.3, -0.25) is 9.59 Å². The van der Waals surface area contributed by atoms with Gasteiger partial charge < -0.3 is 19.9 Å². The molecule has 1 unspecified atom stereocenters. The molecule has 2 saturated heterocycles. The van der Waals surface area contributed by atoms with Crippen molar-refractivity contribution in [3.05, 3.63) is 29.8 Å². The Kier molecular flexibility index (Phi) is 6.60. The van der Waals surface area contributed by atoms with E-state index < -0.39 is 6.61 Å². The number of ether oxygens (including phenoxy) is 1. The van der Waals surface area contributed by atoms with Crippen LogP contribution in [0.25, 0.3) is 0 Å². The molecule has 0 spiro atoms. The van der Waals surface area contributed by atoms with Crippen LogP contribution in [0.3, 0.4) is 0 Å². The Labute approximate surface area is 157 Å². The highest BCUT2D eigenvalue weighted by Crippen LogP contribution is 2.19. The number of alkyl halides is 2. The summed E-state index contributed by atoms with van der Waals surface area (Å²) in [4.78, 5) is 28.4. The van der Waals surface area contributed by atoms with Crippen molar-refractivity contribution < 1.29 is 23.1 Å². The molecule has 8 heteroatoms. The summed E-state index contributed by atoms with van der Waals surface area (Å²) in [5.74, 6) is 0.279. The van der Waals surface area contributed by atoms with Crippen molar-refractivity contribution in [3.63, 3.8) is 0 Å². The van der Waals surface area contributed by atoms with Crippen LogP contribution in [0.4, 0.5) is 8.78 Å². The maximum absolute atomic E-state index is 12.6. The normalized spacial score (nSPS) is 20.9. The van der Waals surface area contributed by atoms with E-state index in [4.69, 9.17) is 0 Å². The quantitative estimate of drug-likeness (QED) is 0.814. The molecule has 1 aromatic carbocycles. The fraction of sp³-hybridized carbons (Fsp3) is 0.579. The fourth-order valence-electron chi connectivity index (χ4n) is 3.69. The van der Waals surface area contributed by atoms with Crippen LogP contribution in [-0.4, -0.2) is 67.0 Å². The Hall–Kier alpha value is -2.22. The molecule has 2 heterocycles. The number of rotatable bonds is 6. The largest absolute Gasteiger partial charge is 0.435 e. The zero-order chi connectivity index (χ0) is 19.2. The van der Waals surface area contributed by atoms with Crippen molar-refractivity contribution in [1.29, 1.82) is 0 Å². The second-order valence-corrected chi connectivity index (χ2v) is 6.92. The van der Waals surface area contributed by atoms with Crippen molar-refractivity contribution in [1.82, 2.24) is 15.1 Å². The maximum atomic E-state index is 12.6. The number of carbonyl (C=O) groups excluding carboxylic acids is 2. The highest BCUT2D eigenvalue weighted by molar-refractivity contribution is 5.80. The van der Waals surface area contributed by atoms with Gasteiger partial charge in [0.15, 0.2) is 0 Å². The fourth-order valence-corrected chi connectivity index (χ4v) is 3.69. The monoisotopic (exact) mass is 381 g/mol.